The number of ether oxygens (including phenoxy) is 2. The van der Waals surface area contributed by atoms with Crippen molar-refractivity contribution in [1.82, 2.24) is 0 Å². The molecule has 1 rings (SSSR count). The Morgan fingerprint density at radius 2 is 1.89 bits per heavy atom. The van der Waals surface area contributed by atoms with Gasteiger partial charge in [0, 0.05) is 11.3 Å². The Labute approximate surface area is 105 Å². The number of anilines is 1. The summed E-state index contributed by atoms with van der Waals surface area (Å²) in [5.41, 5.74) is 6.37. The second-order valence-electron chi connectivity index (χ2n) is 3.71. The third kappa shape index (κ3) is 4.69. The van der Waals surface area contributed by atoms with Gasteiger partial charge in [-0.05, 0) is 31.2 Å². The highest BCUT2D eigenvalue weighted by atomic mass is 16.5. The normalized spacial score (nSPS) is 9.61. The second kappa shape index (κ2) is 6.44. The Kier molecular flexibility index (Phi) is 4.92. The van der Waals surface area contributed by atoms with Gasteiger partial charge in [0.1, 0.15) is 12.4 Å². The van der Waals surface area contributed by atoms with Gasteiger partial charge in [-0.15, -0.1) is 0 Å². The molecule has 0 heterocycles. The molecule has 0 bridgehead atoms. The predicted molar refractivity (Wildman–Crippen MR) is 66.9 cm³/mol. The maximum Gasteiger partial charge on any atom is 0.333 e. The van der Waals surface area contributed by atoms with E-state index >= 15 is 0 Å². The van der Waals surface area contributed by atoms with Crippen molar-refractivity contribution in [2.45, 2.75) is 13.3 Å². The van der Waals surface area contributed by atoms with Gasteiger partial charge in [-0.2, -0.15) is 0 Å². The molecule has 0 radical (unpaired) electrons. The first-order chi connectivity index (χ1) is 8.49. The molecule has 0 aliphatic rings. The fraction of sp³-hybridized carbons (Fsp3) is 0.231. The molecule has 0 unspecified atom stereocenters. The molecule has 0 aliphatic heterocycles. The van der Waals surface area contributed by atoms with E-state index in [4.69, 9.17) is 15.2 Å². The summed E-state index contributed by atoms with van der Waals surface area (Å²) in [5, 5.41) is 0. The average Bonchev–Trinajstić information content (AvgIpc) is 2.32. The van der Waals surface area contributed by atoms with Crippen molar-refractivity contribution in [3.05, 3.63) is 36.4 Å². The first-order valence-corrected chi connectivity index (χ1v) is 5.38. The third-order valence-corrected chi connectivity index (χ3v) is 2.00. The van der Waals surface area contributed by atoms with Crippen molar-refractivity contribution in [2.24, 2.45) is 0 Å². The Balaban J connectivity index is 2.32. The van der Waals surface area contributed by atoms with Crippen LogP contribution in [0.15, 0.2) is 36.4 Å². The van der Waals surface area contributed by atoms with Gasteiger partial charge in [0.15, 0.2) is 0 Å². The minimum Gasteiger partial charge on any atom is -0.462 e. The molecule has 18 heavy (non-hydrogen) atoms. The minimum atomic E-state index is -0.518. The lowest BCUT2D eigenvalue weighted by molar-refractivity contribution is -0.142. The van der Waals surface area contributed by atoms with Crippen LogP contribution in [0.25, 0.3) is 0 Å². The fourth-order valence-electron chi connectivity index (χ4n) is 1.07. The predicted octanol–water partition coefficient (Wildman–Crippen LogP) is 1.68. The summed E-state index contributed by atoms with van der Waals surface area (Å²) in [6.45, 7) is 4.93. The van der Waals surface area contributed by atoms with Crippen LogP contribution in [0.2, 0.25) is 0 Å². The number of hydrogen-bond acceptors (Lipinski definition) is 5. The first kappa shape index (κ1) is 13.8. The molecule has 1 aromatic carbocycles. The van der Waals surface area contributed by atoms with E-state index in [0.717, 1.165) is 0 Å². The van der Waals surface area contributed by atoms with Gasteiger partial charge in [0.2, 0.25) is 0 Å². The maximum atomic E-state index is 11.4. The molecule has 0 fully saturated rings. The smallest absolute Gasteiger partial charge is 0.333 e. The molecule has 5 heteroatoms. The molecule has 0 spiro atoms. The van der Waals surface area contributed by atoms with Gasteiger partial charge >= 0.3 is 11.9 Å². The van der Waals surface area contributed by atoms with Crippen LogP contribution in [0.4, 0.5) is 5.69 Å². The zero-order valence-electron chi connectivity index (χ0n) is 10.1. The number of carbonyl (C=O) groups excluding carboxylic acids is 2. The molecular formula is C13H15NO4. The van der Waals surface area contributed by atoms with Gasteiger partial charge in [-0.25, -0.2) is 4.79 Å². The molecule has 0 atom stereocenters. The van der Waals surface area contributed by atoms with Crippen LogP contribution >= 0.6 is 0 Å². The molecule has 0 aliphatic carbocycles. The van der Waals surface area contributed by atoms with Crippen LogP contribution in [-0.2, 0) is 14.3 Å². The Bertz CT molecular complexity index is 451. The van der Waals surface area contributed by atoms with Crippen molar-refractivity contribution in [3.8, 4) is 5.75 Å². The fourth-order valence-corrected chi connectivity index (χ4v) is 1.07. The lowest BCUT2D eigenvalue weighted by atomic mass is 10.3. The topological polar surface area (TPSA) is 78.6 Å². The van der Waals surface area contributed by atoms with E-state index in [-0.39, 0.29) is 13.0 Å². The van der Waals surface area contributed by atoms with Crippen molar-refractivity contribution >= 4 is 17.6 Å². The highest BCUT2D eigenvalue weighted by Gasteiger charge is 2.08. The van der Waals surface area contributed by atoms with E-state index in [1.807, 2.05) is 0 Å². The number of nitrogens with two attached hydrogens (primary N) is 1. The van der Waals surface area contributed by atoms with Crippen LogP contribution in [0.5, 0.6) is 5.75 Å². The average molecular weight is 249 g/mol. The first-order valence-electron chi connectivity index (χ1n) is 5.38. The number of nitrogen functional groups attached to an aromatic ring is 1. The number of rotatable bonds is 5. The summed E-state index contributed by atoms with van der Waals surface area (Å²) in [5.74, 6) is -0.593. The van der Waals surface area contributed by atoms with E-state index in [0.29, 0.717) is 17.0 Å². The van der Waals surface area contributed by atoms with Crippen LogP contribution in [-0.4, -0.2) is 18.5 Å². The number of hydrogen-bond donors (Lipinski definition) is 1. The zero-order chi connectivity index (χ0) is 13.5. The summed E-state index contributed by atoms with van der Waals surface area (Å²) in [6, 6.07) is 6.44. The van der Waals surface area contributed by atoms with Gasteiger partial charge in [-0.3, -0.25) is 4.79 Å². The second-order valence-corrected chi connectivity index (χ2v) is 3.71. The standard InChI is InChI=1S/C13H15NO4/c1-9(2)13(16)17-8-7-12(15)18-11-5-3-10(14)4-6-11/h3-6H,1,7-8,14H2,2H3. The summed E-state index contributed by atoms with van der Waals surface area (Å²) in [4.78, 5) is 22.4. The van der Waals surface area contributed by atoms with Gasteiger partial charge < -0.3 is 15.2 Å². The molecular weight excluding hydrogens is 234 g/mol. The van der Waals surface area contributed by atoms with E-state index in [1.165, 1.54) is 6.92 Å². The number of esters is 2. The number of carbonyl (C=O) groups is 2. The number of benzene rings is 1. The lowest BCUT2D eigenvalue weighted by Gasteiger charge is -2.05. The van der Waals surface area contributed by atoms with Crippen molar-refractivity contribution in [1.29, 1.82) is 0 Å². The van der Waals surface area contributed by atoms with Crippen LogP contribution in [0.1, 0.15) is 13.3 Å². The van der Waals surface area contributed by atoms with E-state index in [9.17, 15) is 9.59 Å². The molecule has 5 nitrogen and oxygen atoms in total. The van der Waals surface area contributed by atoms with E-state index in [2.05, 4.69) is 6.58 Å². The molecule has 0 saturated heterocycles. The molecule has 0 aromatic heterocycles. The van der Waals surface area contributed by atoms with Crippen molar-refractivity contribution in [2.75, 3.05) is 12.3 Å². The zero-order valence-corrected chi connectivity index (χ0v) is 10.1. The summed E-state index contributed by atoms with van der Waals surface area (Å²) in [6.07, 6.45) is -0.0105. The highest BCUT2D eigenvalue weighted by molar-refractivity contribution is 5.87. The van der Waals surface area contributed by atoms with Gasteiger partial charge in [-0.1, -0.05) is 6.58 Å². The molecule has 96 valence electrons. The van der Waals surface area contributed by atoms with Crippen molar-refractivity contribution in [3.63, 3.8) is 0 Å². The summed E-state index contributed by atoms with van der Waals surface area (Å²) < 4.78 is 9.78. The lowest BCUT2D eigenvalue weighted by Crippen LogP contribution is -2.14. The van der Waals surface area contributed by atoms with Crippen LogP contribution in [0.3, 0.4) is 0 Å². The summed E-state index contributed by atoms with van der Waals surface area (Å²) in [7, 11) is 0. The highest BCUT2D eigenvalue weighted by Crippen LogP contribution is 2.13. The minimum absolute atomic E-state index is 0.0105. The largest absolute Gasteiger partial charge is 0.462 e. The molecule has 0 amide bonds. The maximum absolute atomic E-state index is 11.4. The quantitative estimate of drug-likeness (QED) is 0.372. The Morgan fingerprint density at radius 3 is 2.44 bits per heavy atom. The van der Waals surface area contributed by atoms with E-state index < -0.39 is 11.9 Å². The van der Waals surface area contributed by atoms with Crippen LogP contribution in [0, 0.1) is 0 Å². The van der Waals surface area contributed by atoms with Crippen molar-refractivity contribution < 1.29 is 19.1 Å². The molecule has 1 aromatic rings. The third-order valence-electron chi connectivity index (χ3n) is 2.00. The van der Waals surface area contributed by atoms with E-state index in [1.54, 1.807) is 24.3 Å². The van der Waals surface area contributed by atoms with Crippen LogP contribution < -0.4 is 10.5 Å². The monoisotopic (exact) mass is 249 g/mol. The van der Waals surface area contributed by atoms with Gasteiger partial charge in [0.25, 0.3) is 0 Å². The molecule has 2 N–H and O–H groups in total. The molecule has 0 saturated carbocycles. The Hall–Kier alpha value is -2.30. The van der Waals surface area contributed by atoms with Gasteiger partial charge in [0.05, 0.1) is 6.42 Å². The SMILES string of the molecule is C=C(C)C(=O)OCCC(=O)Oc1ccc(N)cc1. The Morgan fingerprint density at radius 1 is 1.28 bits per heavy atom. The summed E-state index contributed by atoms with van der Waals surface area (Å²) >= 11 is 0.